The fourth-order valence-electron chi connectivity index (χ4n) is 3.56. The van der Waals surface area contributed by atoms with E-state index in [1.165, 1.54) is 17.0 Å². The van der Waals surface area contributed by atoms with Crippen LogP contribution in [0.5, 0.6) is 0 Å². The van der Waals surface area contributed by atoms with Crippen LogP contribution in [0.2, 0.25) is 5.02 Å². The predicted molar refractivity (Wildman–Crippen MR) is 127 cm³/mol. The van der Waals surface area contributed by atoms with Crippen LogP contribution in [-0.2, 0) is 19.6 Å². The maximum Gasteiger partial charge on any atom is 0.409 e. The molecular weight excluding hydrogens is 466 g/mol. The van der Waals surface area contributed by atoms with E-state index in [1.807, 2.05) is 6.92 Å². The molecule has 0 N–H and O–H groups in total. The van der Waals surface area contributed by atoms with E-state index in [9.17, 15) is 18.0 Å². The van der Waals surface area contributed by atoms with Gasteiger partial charge in [0.25, 0.3) is 10.0 Å². The molecule has 10 heteroatoms. The Labute approximate surface area is 199 Å². The second-order valence-electron chi connectivity index (χ2n) is 7.82. The summed E-state index contributed by atoms with van der Waals surface area (Å²) in [6, 6.07) is 11.4. The largest absolute Gasteiger partial charge is 0.450 e. The van der Waals surface area contributed by atoms with E-state index in [0.29, 0.717) is 42.5 Å². The van der Waals surface area contributed by atoms with Crippen molar-refractivity contribution in [3.05, 3.63) is 58.6 Å². The number of aryl methyl sites for hydroxylation is 2. The van der Waals surface area contributed by atoms with Crippen molar-refractivity contribution in [1.82, 2.24) is 9.80 Å². The molecule has 178 valence electrons. The van der Waals surface area contributed by atoms with Crippen LogP contribution < -0.4 is 4.31 Å². The molecule has 1 heterocycles. The molecule has 1 fully saturated rings. The Kier molecular flexibility index (Phi) is 7.86. The molecule has 0 saturated carbocycles. The highest BCUT2D eigenvalue weighted by atomic mass is 35.5. The Bertz CT molecular complexity index is 1110. The Balaban J connectivity index is 1.86. The van der Waals surface area contributed by atoms with Crippen LogP contribution in [0.1, 0.15) is 18.1 Å². The van der Waals surface area contributed by atoms with E-state index in [2.05, 4.69) is 0 Å². The number of carbonyl (C=O) groups is 2. The third-order valence-corrected chi connectivity index (χ3v) is 7.50. The second kappa shape index (κ2) is 10.4. The molecule has 0 radical (unpaired) electrons. The molecule has 8 nitrogen and oxygen atoms in total. The molecule has 33 heavy (non-hydrogen) atoms. The highest BCUT2D eigenvalue weighted by Crippen LogP contribution is 2.30. The Morgan fingerprint density at radius 3 is 2.21 bits per heavy atom. The maximum atomic E-state index is 13.6. The lowest BCUT2D eigenvalue weighted by atomic mass is 10.2. The van der Waals surface area contributed by atoms with E-state index in [1.54, 1.807) is 49.1 Å². The molecule has 0 spiro atoms. The van der Waals surface area contributed by atoms with Crippen LogP contribution in [-0.4, -0.2) is 69.5 Å². The van der Waals surface area contributed by atoms with Crippen LogP contribution in [0, 0.1) is 13.8 Å². The summed E-state index contributed by atoms with van der Waals surface area (Å²) in [7, 11) is -4.03. The quantitative estimate of drug-likeness (QED) is 0.615. The molecule has 0 atom stereocenters. The van der Waals surface area contributed by atoms with Crippen molar-refractivity contribution in [3.8, 4) is 0 Å². The van der Waals surface area contributed by atoms with Crippen molar-refractivity contribution in [2.45, 2.75) is 25.7 Å². The summed E-state index contributed by atoms with van der Waals surface area (Å²) in [6.07, 6.45) is -0.414. The lowest BCUT2D eigenvalue weighted by molar-refractivity contribution is -0.131. The van der Waals surface area contributed by atoms with E-state index in [-0.39, 0.29) is 24.0 Å². The zero-order valence-corrected chi connectivity index (χ0v) is 20.5. The predicted octanol–water partition coefficient (Wildman–Crippen LogP) is 3.45. The minimum Gasteiger partial charge on any atom is -0.450 e. The normalized spacial score (nSPS) is 14.2. The fourth-order valence-corrected chi connectivity index (χ4v) is 5.20. The highest BCUT2D eigenvalue weighted by Gasteiger charge is 2.32. The van der Waals surface area contributed by atoms with Gasteiger partial charge in [-0.05, 0) is 50.6 Å². The van der Waals surface area contributed by atoms with Gasteiger partial charge in [0.05, 0.1) is 17.2 Å². The molecule has 0 bridgehead atoms. The second-order valence-corrected chi connectivity index (χ2v) is 10.1. The molecular formula is C23H28ClN3O5S. The number of benzene rings is 2. The van der Waals surface area contributed by atoms with Gasteiger partial charge in [-0.15, -0.1) is 0 Å². The smallest absolute Gasteiger partial charge is 0.409 e. The first kappa shape index (κ1) is 24.9. The molecule has 2 aromatic carbocycles. The Hall–Kier alpha value is -2.78. The van der Waals surface area contributed by atoms with Crippen LogP contribution in [0.3, 0.4) is 0 Å². The number of ether oxygens (including phenoxy) is 1. The average molecular weight is 494 g/mol. The number of nitrogens with zero attached hydrogens (tertiary/aromatic N) is 3. The van der Waals surface area contributed by atoms with Crippen LogP contribution in [0.4, 0.5) is 10.5 Å². The van der Waals surface area contributed by atoms with Crippen molar-refractivity contribution < 1.29 is 22.7 Å². The molecule has 1 saturated heterocycles. The average Bonchev–Trinajstić information content (AvgIpc) is 2.79. The lowest BCUT2D eigenvalue weighted by Crippen LogP contribution is -2.53. The summed E-state index contributed by atoms with van der Waals surface area (Å²) in [6.45, 7) is 6.52. The summed E-state index contributed by atoms with van der Waals surface area (Å²) in [5, 5.41) is 0.371. The van der Waals surface area contributed by atoms with E-state index < -0.39 is 16.1 Å². The zero-order valence-electron chi connectivity index (χ0n) is 19.0. The number of carbonyl (C=O) groups excluding carboxylic acids is 2. The number of rotatable bonds is 6. The van der Waals surface area contributed by atoms with E-state index in [4.69, 9.17) is 16.3 Å². The lowest BCUT2D eigenvalue weighted by Gasteiger charge is -2.35. The van der Waals surface area contributed by atoms with Gasteiger partial charge < -0.3 is 14.5 Å². The fraction of sp³-hybridized carbons (Fsp3) is 0.391. The summed E-state index contributed by atoms with van der Waals surface area (Å²) in [5.74, 6) is -0.353. The first-order chi connectivity index (χ1) is 15.6. The van der Waals surface area contributed by atoms with Gasteiger partial charge in [0.1, 0.15) is 6.54 Å². The summed E-state index contributed by atoms with van der Waals surface area (Å²) < 4.78 is 33.3. The van der Waals surface area contributed by atoms with Gasteiger partial charge in [0.2, 0.25) is 5.91 Å². The number of sulfonamides is 1. The molecule has 1 aliphatic heterocycles. The van der Waals surface area contributed by atoms with Gasteiger partial charge in [0, 0.05) is 31.2 Å². The van der Waals surface area contributed by atoms with E-state index >= 15 is 0 Å². The summed E-state index contributed by atoms with van der Waals surface area (Å²) in [5.41, 5.74) is 1.95. The summed E-state index contributed by atoms with van der Waals surface area (Å²) in [4.78, 5) is 28.3. The van der Waals surface area contributed by atoms with Crippen molar-refractivity contribution in [3.63, 3.8) is 0 Å². The van der Waals surface area contributed by atoms with E-state index in [0.717, 1.165) is 9.87 Å². The van der Waals surface area contributed by atoms with Crippen molar-refractivity contribution >= 4 is 39.3 Å². The van der Waals surface area contributed by atoms with Crippen LogP contribution in [0.25, 0.3) is 0 Å². The first-order valence-corrected chi connectivity index (χ1v) is 12.5. The number of amides is 2. The minimum absolute atomic E-state index is 0.0902. The van der Waals surface area contributed by atoms with Gasteiger partial charge in [-0.2, -0.15) is 0 Å². The summed E-state index contributed by atoms with van der Waals surface area (Å²) >= 11 is 6.17. The van der Waals surface area contributed by atoms with Crippen LogP contribution >= 0.6 is 11.6 Å². The zero-order chi connectivity index (χ0) is 24.2. The van der Waals surface area contributed by atoms with Gasteiger partial charge in [0.15, 0.2) is 0 Å². The molecule has 0 unspecified atom stereocenters. The monoisotopic (exact) mass is 493 g/mol. The standard InChI is InChI=1S/C23H28ClN3O5S/c1-4-32-23(29)26-13-11-25(12-14-26)22(28)16-27(21-15-19(24)8-7-18(21)3)33(30,31)20-9-5-17(2)6-10-20/h5-10,15H,4,11-14,16H2,1-3H3. The molecule has 0 aromatic heterocycles. The number of hydrogen-bond acceptors (Lipinski definition) is 5. The Morgan fingerprint density at radius 2 is 1.61 bits per heavy atom. The molecule has 3 rings (SSSR count). The van der Waals surface area contributed by atoms with Gasteiger partial charge in [-0.3, -0.25) is 9.10 Å². The molecule has 2 amide bonds. The first-order valence-electron chi connectivity index (χ1n) is 10.7. The van der Waals surface area contributed by atoms with Gasteiger partial charge in [-0.1, -0.05) is 35.4 Å². The van der Waals surface area contributed by atoms with Crippen molar-refractivity contribution in [2.24, 2.45) is 0 Å². The SMILES string of the molecule is CCOC(=O)N1CCN(C(=O)CN(c2cc(Cl)ccc2C)S(=O)(=O)c2ccc(C)cc2)CC1. The maximum absolute atomic E-state index is 13.6. The van der Waals surface area contributed by atoms with Gasteiger partial charge in [-0.25, -0.2) is 13.2 Å². The highest BCUT2D eigenvalue weighted by molar-refractivity contribution is 7.92. The topological polar surface area (TPSA) is 87.2 Å². The van der Waals surface area contributed by atoms with Crippen LogP contribution in [0.15, 0.2) is 47.4 Å². The van der Waals surface area contributed by atoms with Crippen molar-refractivity contribution in [1.29, 1.82) is 0 Å². The Morgan fingerprint density at radius 1 is 1.00 bits per heavy atom. The number of hydrogen-bond donors (Lipinski definition) is 0. The molecule has 0 aliphatic carbocycles. The number of piperazine rings is 1. The van der Waals surface area contributed by atoms with Gasteiger partial charge >= 0.3 is 6.09 Å². The van der Waals surface area contributed by atoms with Crippen molar-refractivity contribution in [2.75, 3.05) is 43.6 Å². The molecule has 2 aromatic rings. The number of anilines is 1. The third kappa shape index (κ3) is 5.78. The molecule has 1 aliphatic rings. The minimum atomic E-state index is -4.03. The number of halogens is 1. The third-order valence-electron chi connectivity index (χ3n) is 5.49.